The van der Waals surface area contributed by atoms with Gasteiger partial charge in [0.05, 0.1) is 0 Å². The molecule has 1 N–H and O–H groups in total. The van der Waals surface area contributed by atoms with Crippen LogP contribution >= 0.6 is 0 Å². The van der Waals surface area contributed by atoms with Crippen molar-refractivity contribution in [1.29, 1.82) is 0 Å². The summed E-state index contributed by atoms with van der Waals surface area (Å²) in [5.74, 6) is 0. The molecule has 0 bridgehead atoms. The summed E-state index contributed by atoms with van der Waals surface area (Å²) in [7, 11) is -3.92. The molecule has 0 unspecified atom stereocenters. The molecule has 0 fully saturated rings. The van der Waals surface area contributed by atoms with Crippen LogP contribution in [0.4, 0.5) is 0 Å². The molecule has 30 valence electrons. The van der Waals surface area contributed by atoms with Crippen molar-refractivity contribution >= 4 is 10.1 Å². The molecule has 0 rings (SSSR count). The molecule has 0 amide bonds. The van der Waals surface area contributed by atoms with Crippen LogP contribution in [0.5, 0.6) is 0 Å². The van der Waals surface area contributed by atoms with E-state index >= 15 is 0 Å². The van der Waals surface area contributed by atoms with E-state index < -0.39 is 10.1 Å². The molecular formula is CH3O3S+. The zero-order chi connectivity index (χ0) is 4.50. The number of rotatable bonds is 0. The summed E-state index contributed by atoms with van der Waals surface area (Å²) in [4.78, 5) is 0. The van der Waals surface area contributed by atoms with Gasteiger partial charge in [0.1, 0.15) is 0 Å². The minimum absolute atomic E-state index is 2.30. The summed E-state index contributed by atoms with van der Waals surface area (Å²) in [5, 5.41) is 0. The highest BCUT2D eigenvalue weighted by Gasteiger charge is 1.94. The lowest BCUT2D eigenvalue weighted by Crippen LogP contribution is -1.83. The highest BCUT2D eigenvalue weighted by atomic mass is 32.2. The number of hydrogen-bond donors (Lipinski definition) is 1. The molecule has 5 heavy (non-hydrogen) atoms. The van der Waals surface area contributed by atoms with Gasteiger partial charge < -0.3 is 0 Å². The van der Waals surface area contributed by atoms with Crippen molar-refractivity contribution < 1.29 is 13.0 Å². The van der Waals surface area contributed by atoms with E-state index in [1.54, 1.807) is 0 Å². The van der Waals surface area contributed by atoms with Crippen molar-refractivity contribution in [2.75, 3.05) is 0 Å². The molecule has 3 nitrogen and oxygen atoms in total. The molecule has 0 saturated heterocycles. The van der Waals surface area contributed by atoms with E-state index in [0.29, 0.717) is 0 Å². The van der Waals surface area contributed by atoms with Crippen LogP contribution in [0.2, 0.25) is 0 Å². The average Bonchev–Trinajstić information content (AvgIpc) is 0.722. The Hall–Kier alpha value is -0.220. The molecule has 0 atom stereocenters. The molecule has 4 heteroatoms. The molecular weight excluding hydrogens is 92.1 g/mol. The lowest BCUT2D eigenvalue weighted by atomic mass is 12.0. The van der Waals surface area contributed by atoms with E-state index in [1.807, 2.05) is 0 Å². The summed E-state index contributed by atoms with van der Waals surface area (Å²) in [6.07, 6.45) is 2.30. The van der Waals surface area contributed by atoms with Gasteiger partial charge in [-0.05, 0) is 0 Å². The monoisotopic (exact) mass is 95.0 g/mol. The zero-order valence-corrected chi connectivity index (χ0v) is 3.20. The molecule has 0 aliphatic carbocycles. The minimum atomic E-state index is -3.92. The fourth-order valence-electron chi connectivity index (χ4n) is 0. The van der Waals surface area contributed by atoms with Gasteiger partial charge in [-0.2, -0.15) is 8.42 Å². The Morgan fingerprint density at radius 1 is 1.60 bits per heavy atom. The first-order valence-electron chi connectivity index (χ1n) is 0.805. The second-order valence-electron chi connectivity index (χ2n) is 0.582. The van der Waals surface area contributed by atoms with Crippen molar-refractivity contribution in [1.82, 2.24) is 0 Å². The average molecular weight is 95.1 g/mol. The smallest absolute Gasteiger partial charge is 0.251 e. The molecule has 0 radical (unpaired) electrons. The minimum Gasteiger partial charge on any atom is -0.251 e. The maximum Gasteiger partial charge on any atom is 0.419 e. The summed E-state index contributed by atoms with van der Waals surface area (Å²) in [5.41, 5.74) is 0. The van der Waals surface area contributed by atoms with Crippen molar-refractivity contribution in [3.05, 3.63) is 6.26 Å². The van der Waals surface area contributed by atoms with Crippen LogP contribution in [-0.4, -0.2) is 13.0 Å². The first-order chi connectivity index (χ1) is 2.00. The van der Waals surface area contributed by atoms with Crippen molar-refractivity contribution in [3.8, 4) is 0 Å². The third-order valence-electron chi connectivity index (χ3n) is 0. The zero-order valence-electron chi connectivity index (χ0n) is 2.38. The van der Waals surface area contributed by atoms with Crippen LogP contribution in [-0.2, 0) is 10.1 Å². The first kappa shape index (κ1) is 4.78. The maximum absolute atomic E-state index is 9.08. The van der Waals surface area contributed by atoms with Gasteiger partial charge in [0.2, 0.25) is 6.26 Å². The predicted molar refractivity (Wildman–Crippen MR) is 16.9 cm³/mol. The quantitative estimate of drug-likeness (QED) is 0.331. The van der Waals surface area contributed by atoms with Gasteiger partial charge in [0, 0.05) is 0 Å². The van der Waals surface area contributed by atoms with E-state index in [4.69, 9.17) is 13.0 Å². The van der Waals surface area contributed by atoms with Gasteiger partial charge in [0.15, 0.2) is 0 Å². The first-order valence-corrected chi connectivity index (χ1v) is 2.41. The van der Waals surface area contributed by atoms with Crippen molar-refractivity contribution in [2.45, 2.75) is 0 Å². The van der Waals surface area contributed by atoms with E-state index in [-0.39, 0.29) is 0 Å². The van der Waals surface area contributed by atoms with Gasteiger partial charge in [-0.25, -0.2) is 0 Å². The number of hydrogen-bond acceptors (Lipinski definition) is 2. The van der Waals surface area contributed by atoms with Crippen LogP contribution in [0, 0.1) is 6.26 Å². The van der Waals surface area contributed by atoms with Crippen LogP contribution in [0.15, 0.2) is 0 Å². The van der Waals surface area contributed by atoms with Gasteiger partial charge in [0.25, 0.3) is 0 Å². The highest BCUT2D eigenvalue weighted by Crippen LogP contribution is 1.65. The molecule has 0 aromatic heterocycles. The second kappa shape index (κ2) is 0.874. The molecule has 0 aromatic rings. The third kappa shape index (κ3) is 247. The lowest BCUT2D eigenvalue weighted by Gasteiger charge is -1.58. The van der Waals surface area contributed by atoms with Crippen LogP contribution < -0.4 is 0 Å². The molecule has 0 aromatic carbocycles. The summed E-state index contributed by atoms with van der Waals surface area (Å²) < 4.78 is 25.5. The Balaban J connectivity index is 4.06. The van der Waals surface area contributed by atoms with Crippen LogP contribution in [0.25, 0.3) is 0 Å². The Labute approximate surface area is 30.4 Å². The van der Waals surface area contributed by atoms with Gasteiger partial charge in [-0.3, -0.25) is 4.55 Å². The third-order valence-corrected chi connectivity index (χ3v) is 0. The summed E-state index contributed by atoms with van der Waals surface area (Å²) >= 11 is 0. The van der Waals surface area contributed by atoms with E-state index in [2.05, 4.69) is 6.26 Å². The van der Waals surface area contributed by atoms with Crippen LogP contribution in [0.3, 0.4) is 0 Å². The molecule has 0 heterocycles. The SMILES string of the molecule is [CH2+]S(=O)(=O)O. The molecule has 0 aliphatic heterocycles. The predicted octanol–water partition coefficient (Wildman–Crippen LogP) is -0.334. The second-order valence-corrected chi connectivity index (χ2v) is 1.75. The van der Waals surface area contributed by atoms with Gasteiger partial charge in [-0.15, -0.1) is 0 Å². The molecule has 0 saturated carbocycles. The molecule has 0 aliphatic rings. The van der Waals surface area contributed by atoms with Gasteiger partial charge in [-0.1, -0.05) is 0 Å². The van der Waals surface area contributed by atoms with E-state index in [0.717, 1.165) is 0 Å². The van der Waals surface area contributed by atoms with Crippen molar-refractivity contribution in [3.63, 3.8) is 0 Å². The normalized spacial score (nSPS) is 11.4. The topological polar surface area (TPSA) is 54.4 Å². The van der Waals surface area contributed by atoms with E-state index in [1.165, 1.54) is 0 Å². The van der Waals surface area contributed by atoms with Crippen LogP contribution in [0.1, 0.15) is 0 Å². The molecule has 0 spiro atoms. The Bertz CT molecular complexity index is 90.1. The standard InChI is InChI=1S/CH2O3S/c1-5(2,3)4/h1H2/p+1. The summed E-state index contributed by atoms with van der Waals surface area (Å²) in [6.45, 7) is 0. The van der Waals surface area contributed by atoms with E-state index in [9.17, 15) is 0 Å². The Kier molecular flexibility index (Phi) is 0.836. The van der Waals surface area contributed by atoms with Gasteiger partial charge >= 0.3 is 10.1 Å². The Morgan fingerprint density at radius 3 is 1.60 bits per heavy atom. The fourth-order valence-corrected chi connectivity index (χ4v) is 0. The maximum atomic E-state index is 9.08. The Morgan fingerprint density at radius 2 is 1.60 bits per heavy atom. The fraction of sp³-hybridized carbons (Fsp3) is 0. The van der Waals surface area contributed by atoms with Crippen molar-refractivity contribution in [2.24, 2.45) is 0 Å². The highest BCUT2D eigenvalue weighted by molar-refractivity contribution is 7.86. The summed E-state index contributed by atoms with van der Waals surface area (Å²) in [6, 6.07) is 0. The largest absolute Gasteiger partial charge is 0.419 e. The lowest BCUT2D eigenvalue weighted by molar-refractivity contribution is 0.494.